The summed E-state index contributed by atoms with van der Waals surface area (Å²) >= 11 is 0. The lowest BCUT2D eigenvalue weighted by molar-refractivity contribution is -0.122. The molecule has 0 saturated heterocycles. The average Bonchev–Trinajstić information content (AvgIpc) is 2.67. The van der Waals surface area contributed by atoms with Crippen LogP contribution in [0.4, 0.5) is 0 Å². The van der Waals surface area contributed by atoms with Crippen LogP contribution in [0, 0.1) is 0 Å². The van der Waals surface area contributed by atoms with E-state index in [1.807, 2.05) is 0 Å². The predicted molar refractivity (Wildman–Crippen MR) is 116 cm³/mol. The van der Waals surface area contributed by atoms with Crippen LogP contribution >= 0.6 is 7.82 Å². The second-order valence-corrected chi connectivity index (χ2v) is 8.81. The molecule has 1 atom stereocenters. The number of aliphatic hydroxyl groups is 1. The van der Waals surface area contributed by atoms with Gasteiger partial charge in [0.1, 0.15) is 0 Å². The third-order valence-electron chi connectivity index (χ3n) is 4.70. The van der Waals surface area contributed by atoms with Crippen molar-refractivity contribution in [3.63, 3.8) is 0 Å². The van der Waals surface area contributed by atoms with E-state index in [9.17, 15) is 9.36 Å². The fourth-order valence-electron chi connectivity index (χ4n) is 2.98. The molecule has 0 aromatic carbocycles. The lowest BCUT2D eigenvalue weighted by Crippen LogP contribution is -2.40. The monoisotopic (exact) mass is 435 g/mol. The SMILES string of the molecule is CCCCCCCC/C=C\CCCCCCCC(=O)N[C@@H](CO)COP(=O)(O)O. The first-order chi connectivity index (χ1) is 13.9. The molecule has 8 heteroatoms. The predicted octanol–water partition coefficient (Wildman–Crippen LogP) is 4.61. The second kappa shape index (κ2) is 19.3. The van der Waals surface area contributed by atoms with Crippen LogP contribution in [-0.2, 0) is 13.9 Å². The Labute approximate surface area is 176 Å². The quantitative estimate of drug-likeness (QED) is 0.126. The standard InChI is InChI=1S/C21H42NO6P/c1-2-3-4-5-6-7-8-9-10-11-12-13-14-15-16-17-21(24)22-20(18-23)19-28-29(25,26)27/h9-10,20,23H,2-8,11-19H2,1H3,(H,22,24)(H2,25,26,27)/b10-9-/t20-/m0/s1. The molecule has 172 valence electrons. The van der Waals surface area contributed by atoms with Crippen molar-refractivity contribution >= 4 is 13.7 Å². The van der Waals surface area contributed by atoms with Crippen molar-refractivity contribution in [2.75, 3.05) is 13.2 Å². The van der Waals surface area contributed by atoms with Crippen molar-refractivity contribution in [3.05, 3.63) is 12.2 Å². The van der Waals surface area contributed by atoms with Gasteiger partial charge in [0.05, 0.1) is 19.3 Å². The summed E-state index contributed by atoms with van der Waals surface area (Å²) in [6.45, 7) is 1.39. The molecule has 0 rings (SSSR count). The molecule has 0 bridgehead atoms. The fraction of sp³-hybridized carbons (Fsp3) is 0.857. The Bertz CT molecular complexity index is 466. The van der Waals surface area contributed by atoms with Gasteiger partial charge < -0.3 is 20.2 Å². The summed E-state index contributed by atoms with van der Waals surface area (Å²) in [6.07, 6.45) is 20.4. The van der Waals surface area contributed by atoms with Gasteiger partial charge in [-0.2, -0.15) is 0 Å². The smallest absolute Gasteiger partial charge is 0.394 e. The fourth-order valence-corrected chi connectivity index (χ4v) is 3.36. The number of carbonyl (C=O) groups is 1. The van der Waals surface area contributed by atoms with E-state index in [0.29, 0.717) is 6.42 Å². The van der Waals surface area contributed by atoms with E-state index >= 15 is 0 Å². The van der Waals surface area contributed by atoms with E-state index in [-0.39, 0.29) is 5.91 Å². The number of nitrogens with one attached hydrogen (secondary N) is 1. The van der Waals surface area contributed by atoms with Gasteiger partial charge in [-0.25, -0.2) is 4.57 Å². The van der Waals surface area contributed by atoms with Crippen LogP contribution in [0.3, 0.4) is 0 Å². The van der Waals surface area contributed by atoms with Gasteiger partial charge in [-0.3, -0.25) is 9.32 Å². The zero-order valence-corrected chi connectivity index (χ0v) is 19.0. The molecule has 4 N–H and O–H groups in total. The molecule has 0 aromatic rings. The number of carbonyl (C=O) groups excluding carboxylic acids is 1. The Balaban J connectivity index is 3.49. The van der Waals surface area contributed by atoms with Crippen molar-refractivity contribution in [1.29, 1.82) is 0 Å². The summed E-state index contributed by atoms with van der Waals surface area (Å²) < 4.78 is 14.9. The lowest BCUT2D eigenvalue weighted by atomic mass is 10.1. The Morgan fingerprint density at radius 1 is 0.931 bits per heavy atom. The van der Waals surface area contributed by atoms with Gasteiger partial charge in [0.25, 0.3) is 0 Å². The van der Waals surface area contributed by atoms with Crippen LogP contribution in [0.1, 0.15) is 96.8 Å². The van der Waals surface area contributed by atoms with Gasteiger partial charge in [0.15, 0.2) is 0 Å². The maximum atomic E-state index is 11.8. The number of phosphoric acid groups is 1. The van der Waals surface area contributed by atoms with E-state index in [1.54, 1.807) is 0 Å². The van der Waals surface area contributed by atoms with Crippen LogP contribution < -0.4 is 5.32 Å². The zero-order chi connectivity index (χ0) is 21.8. The van der Waals surface area contributed by atoms with Gasteiger partial charge in [0.2, 0.25) is 5.91 Å². The summed E-state index contributed by atoms with van der Waals surface area (Å²) in [5.41, 5.74) is 0. The van der Waals surface area contributed by atoms with Gasteiger partial charge in [-0.15, -0.1) is 0 Å². The topological polar surface area (TPSA) is 116 Å². The summed E-state index contributed by atoms with van der Waals surface area (Å²) in [4.78, 5) is 29.1. The minimum absolute atomic E-state index is 0.240. The maximum absolute atomic E-state index is 11.8. The molecule has 0 aliphatic rings. The molecule has 0 radical (unpaired) electrons. The molecule has 1 amide bonds. The van der Waals surface area contributed by atoms with Crippen LogP contribution in [-0.4, -0.2) is 40.1 Å². The Hall–Kier alpha value is -0.720. The molecule has 29 heavy (non-hydrogen) atoms. The lowest BCUT2D eigenvalue weighted by Gasteiger charge is -2.16. The number of phosphoric ester groups is 1. The number of hydrogen-bond donors (Lipinski definition) is 4. The highest BCUT2D eigenvalue weighted by Gasteiger charge is 2.19. The van der Waals surface area contributed by atoms with Gasteiger partial charge in [-0.05, 0) is 32.1 Å². The average molecular weight is 436 g/mol. The van der Waals surface area contributed by atoms with E-state index in [0.717, 1.165) is 32.1 Å². The number of aliphatic hydroxyl groups excluding tert-OH is 1. The highest BCUT2D eigenvalue weighted by Crippen LogP contribution is 2.35. The van der Waals surface area contributed by atoms with Gasteiger partial charge in [0, 0.05) is 6.42 Å². The first-order valence-corrected chi connectivity index (χ1v) is 12.7. The van der Waals surface area contributed by atoms with Crippen molar-refractivity contribution in [2.45, 2.75) is 103 Å². The molecule has 0 fully saturated rings. The highest BCUT2D eigenvalue weighted by molar-refractivity contribution is 7.46. The number of unbranched alkanes of at least 4 members (excludes halogenated alkanes) is 11. The molecule has 0 unspecified atom stereocenters. The summed E-state index contributed by atoms with van der Waals surface area (Å²) in [6, 6.07) is -0.807. The minimum atomic E-state index is -4.60. The molecule has 0 spiro atoms. The van der Waals surface area contributed by atoms with Gasteiger partial charge in [-0.1, -0.05) is 70.4 Å². The highest BCUT2D eigenvalue weighted by atomic mass is 31.2. The maximum Gasteiger partial charge on any atom is 0.469 e. The molecule has 7 nitrogen and oxygen atoms in total. The third kappa shape index (κ3) is 21.8. The molecular weight excluding hydrogens is 393 g/mol. The second-order valence-electron chi connectivity index (χ2n) is 7.57. The van der Waals surface area contributed by atoms with E-state index < -0.39 is 27.1 Å². The van der Waals surface area contributed by atoms with Crippen molar-refractivity contribution in [3.8, 4) is 0 Å². The Kier molecular flexibility index (Phi) is 18.8. The van der Waals surface area contributed by atoms with Crippen LogP contribution in [0.25, 0.3) is 0 Å². The van der Waals surface area contributed by atoms with Crippen molar-refractivity contribution in [1.82, 2.24) is 5.32 Å². The first-order valence-electron chi connectivity index (χ1n) is 11.1. The first kappa shape index (κ1) is 28.3. The zero-order valence-electron chi connectivity index (χ0n) is 18.1. The third-order valence-corrected chi connectivity index (χ3v) is 5.18. The van der Waals surface area contributed by atoms with Gasteiger partial charge >= 0.3 is 7.82 Å². The van der Waals surface area contributed by atoms with E-state index in [1.165, 1.54) is 51.4 Å². The number of hydrogen-bond acceptors (Lipinski definition) is 4. The molecule has 0 aliphatic carbocycles. The van der Waals surface area contributed by atoms with Crippen molar-refractivity contribution < 1.29 is 28.8 Å². The Morgan fingerprint density at radius 3 is 1.97 bits per heavy atom. The van der Waals surface area contributed by atoms with Crippen molar-refractivity contribution in [2.24, 2.45) is 0 Å². The van der Waals surface area contributed by atoms with Crippen LogP contribution in [0.5, 0.6) is 0 Å². The largest absolute Gasteiger partial charge is 0.469 e. The molecular formula is C21H42NO6P. The molecule has 0 aromatic heterocycles. The number of allylic oxidation sites excluding steroid dienone is 2. The molecule has 0 saturated carbocycles. The van der Waals surface area contributed by atoms with Crippen LogP contribution in [0.2, 0.25) is 0 Å². The molecule has 0 aliphatic heterocycles. The van der Waals surface area contributed by atoms with Crippen LogP contribution in [0.15, 0.2) is 12.2 Å². The summed E-state index contributed by atoms with van der Waals surface area (Å²) in [5, 5.41) is 11.6. The minimum Gasteiger partial charge on any atom is -0.394 e. The Morgan fingerprint density at radius 2 is 1.45 bits per heavy atom. The van der Waals surface area contributed by atoms with E-state index in [4.69, 9.17) is 14.9 Å². The number of amides is 1. The summed E-state index contributed by atoms with van der Waals surface area (Å²) in [7, 11) is -4.60. The normalized spacial score (nSPS) is 13.1. The summed E-state index contributed by atoms with van der Waals surface area (Å²) in [5.74, 6) is -0.240. The molecule has 0 heterocycles. The van der Waals surface area contributed by atoms with E-state index in [2.05, 4.69) is 28.9 Å². The number of rotatable bonds is 20.